The third-order valence-corrected chi connectivity index (χ3v) is 3.45. The van der Waals surface area contributed by atoms with Crippen molar-refractivity contribution in [1.82, 2.24) is 5.32 Å². The van der Waals surface area contributed by atoms with Crippen molar-refractivity contribution < 1.29 is 4.92 Å². The Bertz CT molecular complexity index is 474. The minimum atomic E-state index is -0.435. The number of nitro groups is 1. The van der Waals surface area contributed by atoms with Gasteiger partial charge in [-0.25, -0.2) is 0 Å². The normalized spacial score (nSPS) is 18.8. The SMILES string of the molecule is O=[N+]([O-])c1ccc(CNC2CC=CCC2)c(Cl)c1. The fourth-order valence-corrected chi connectivity index (χ4v) is 2.27. The van der Waals surface area contributed by atoms with Crippen LogP contribution in [0.5, 0.6) is 0 Å². The van der Waals surface area contributed by atoms with E-state index in [9.17, 15) is 10.1 Å². The number of nitrogens with one attached hydrogen (secondary N) is 1. The van der Waals surface area contributed by atoms with Gasteiger partial charge in [0.1, 0.15) is 0 Å². The summed E-state index contributed by atoms with van der Waals surface area (Å²) in [7, 11) is 0. The lowest BCUT2D eigenvalue weighted by atomic mass is 10.0. The van der Waals surface area contributed by atoms with Crippen molar-refractivity contribution in [2.45, 2.75) is 31.8 Å². The molecular formula is C13H15ClN2O2. The van der Waals surface area contributed by atoms with Crippen LogP contribution >= 0.6 is 11.6 Å². The first-order chi connectivity index (χ1) is 8.66. The molecule has 0 aliphatic heterocycles. The number of allylic oxidation sites excluding steroid dienone is 1. The molecule has 0 spiro atoms. The quantitative estimate of drug-likeness (QED) is 0.516. The fourth-order valence-electron chi connectivity index (χ4n) is 2.03. The molecule has 0 saturated carbocycles. The smallest absolute Gasteiger partial charge is 0.270 e. The predicted molar refractivity (Wildman–Crippen MR) is 71.7 cm³/mol. The topological polar surface area (TPSA) is 55.2 Å². The van der Waals surface area contributed by atoms with E-state index < -0.39 is 4.92 Å². The lowest BCUT2D eigenvalue weighted by Crippen LogP contribution is -2.29. The second-order valence-electron chi connectivity index (χ2n) is 4.40. The van der Waals surface area contributed by atoms with E-state index in [-0.39, 0.29) is 5.69 Å². The molecule has 1 aliphatic carbocycles. The number of rotatable bonds is 4. The average Bonchev–Trinajstić information content (AvgIpc) is 2.38. The Balaban J connectivity index is 1.97. The van der Waals surface area contributed by atoms with E-state index in [4.69, 9.17) is 11.6 Å². The van der Waals surface area contributed by atoms with E-state index in [1.165, 1.54) is 12.1 Å². The molecule has 1 aliphatic rings. The van der Waals surface area contributed by atoms with Crippen LogP contribution in [0.4, 0.5) is 5.69 Å². The maximum atomic E-state index is 10.6. The van der Waals surface area contributed by atoms with Gasteiger partial charge in [-0.1, -0.05) is 23.8 Å². The summed E-state index contributed by atoms with van der Waals surface area (Å²) in [5.74, 6) is 0. The zero-order chi connectivity index (χ0) is 13.0. The van der Waals surface area contributed by atoms with Gasteiger partial charge in [-0.2, -0.15) is 0 Å². The van der Waals surface area contributed by atoms with Gasteiger partial charge in [0, 0.05) is 24.7 Å². The van der Waals surface area contributed by atoms with E-state index in [0.29, 0.717) is 17.6 Å². The van der Waals surface area contributed by atoms with E-state index >= 15 is 0 Å². The van der Waals surface area contributed by atoms with Crippen LogP contribution in [0.2, 0.25) is 5.02 Å². The van der Waals surface area contributed by atoms with Gasteiger partial charge in [0.05, 0.1) is 9.95 Å². The van der Waals surface area contributed by atoms with Crippen LogP contribution in [0.25, 0.3) is 0 Å². The van der Waals surface area contributed by atoms with Gasteiger partial charge >= 0.3 is 0 Å². The molecule has 96 valence electrons. The fraction of sp³-hybridized carbons (Fsp3) is 0.385. The van der Waals surface area contributed by atoms with E-state index in [1.54, 1.807) is 6.07 Å². The van der Waals surface area contributed by atoms with Crippen molar-refractivity contribution in [2.24, 2.45) is 0 Å². The Morgan fingerprint density at radius 2 is 2.28 bits per heavy atom. The zero-order valence-electron chi connectivity index (χ0n) is 9.93. The molecule has 2 rings (SSSR count). The van der Waals surface area contributed by atoms with Gasteiger partial charge in [-0.3, -0.25) is 10.1 Å². The molecule has 0 amide bonds. The molecular weight excluding hydrogens is 252 g/mol. The first-order valence-electron chi connectivity index (χ1n) is 5.98. The van der Waals surface area contributed by atoms with Crippen LogP contribution in [-0.2, 0) is 6.54 Å². The molecule has 0 saturated heterocycles. The van der Waals surface area contributed by atoms with Crippen molar-refractivity contribution in [3.05, 3.63) is 51.1 Å². The number of nitro benzene ring substituents is 1. The Morgan fingerprint density at radius 1 is 1.44 bits per heavy atom. The van der Waals surface area contributed by atoms with Crippen LogP contribution in [0.15, 0.2) is 30.4 Å². The van der Waals surface area contributed by atoms with E-state index in [2.05, 4.69) is 17.5 Å². The van der Waals surface area contributed by atoms with Gasteiger partial charge in [0.2, 0.25) is 0 Å². The molecule has 1 aromatic carbocycles. The number of hydrogen-bond acceptors (Lipinski definition) is 3. The lowest BCUT2D eigenvalue weighted by molar-refractivity contribution is -0.384. The van der Waals surface area contributed by atoms with Gasteiger partial charge in [-0.05, 0) is 30.9 Å². The molecule has 4 nitrogen and oxygen atoms in total. The summed E-state index contributed by atoms with van der Waals surface area (Å²) in [6.45, 7) is 0.648. The molecule has 0 radical (unpaired) electrons. The van der Waals surface area contributed by atoms with Crippen LogP contribution in [-0.4, -0.2) is 11.0 Å². The minimum Gasteiger partial charge on any atom is -0.310 e. The summed E-state index contributed by atoms with van der Waals surface area (Å²) in [4.78, 5) is 10.2. The molecule has 0 heterocycles. The van der Waals surface area contributed by atoms with Gasteiger partial charge in [-0.15, -0.1) is 0 Å². The van der Waals surface area contributed by atoms with Crippen molar-refractivity contribution in [2.75, 3.05) is 0 Å². The highest BCUT2D eigenvalue weighted by atomic mass is 35.5. The summed E-state index contributed by atoms with van der Waals surface area (Å²) >= 11 is 6.03. The van der Waals surface area contributed by atoms with Gasteiger partial charge < -0.3 is 5.32 Å². The van der Waals surface area contributed by atoms with Crippen LogP contribution in [0, 0.1) is 10.1 Å². The van der Waals surface area contributed by atoms with Crippen LogP contribution < -0.4 is 5.32 Å². The second-order valence-corrected chi connectivity index (χ2v) is 4.80. The molecule has 0 aromatic heterocycles. The largest absolute Gasteiger partial charge is 0.310 e. The molecule has 5 heteroatoms. The summed E-state index contributed by atoms with van der Waals surface area (Å²) in [5.41, 5.74) is 0.932. The second kappa shape index (κ2) is 5.98. The summed E-state index contributed by atoms with van der Waals surface area (Å²) in [6, 6.07) is 5.08. The summed E-state index contributed by atoms with van der Waals surface area (Å²) in [5, 5.41) is 14.5. The lowest BCUT2D eigenvalue weighted by Gasteiger charge is -2.19. The highest BCUT2D eigenvalue weighted by Crippen LogP contribution is 2.22. The Kier molecular flexibility index (Phi) is 4.33. The molecule has 0 fully saturated rings. The van der Waals surface area contributed by atoms with Gasteiger partial charge in [0.15, 0.2) is 0 Å². The molecule has 18 heavy (non-hydrogen) atoms. The number of halogens is 1. The Labute approximate surface area is 111 Å². The monoisotopic (exact) mass is 266 g/mol. The zero-order valence-corrected chi connectivity index (χ0v) is 10.7. The Morgan fingerprint density at radius 3 is 2.89 bits per heavy atom. The predicted octanol–water partition coefficient (Wildman–Crippen LogP) is 3.45. The minimum absolute atomic E-state index is 0.0318. The first kappa shape index (κ1) is 13.1. The Hall–Kier alpha value is -1.39. The molecule has 1 N–H and O–H groups in total. The number of non-ortho nitro benzene ring substituents is 1. The van der Waals surface area contributed by atoms with Crippen molar-refractivity contribution in [1.29, 1.82) is 0 Å². The highest BCUT2D eigenvalue weighted by molar-refractivity contribution is 6.31. The first-order valence-corrected chi connectivity index (χ1v) is 6.36. The number of nitrogens with zero attached hydrogens (tertiary/aromatic N) is 1. The highest BCUT2D eigenvalue weighted by Gasteiger charge is 2.12. The third kappa shape index (κ3) is 3.31. The van der Waals surface area contributed by atoms with Crippen LogP contribution in [0.3, 0.4) is 0 Å². The molecule has 1 atom stereocenters. The standard InChI is InChI=1S/C13H15ClN2O2/c14-13-8-12(16(17)18)7-6-10(13)9-15-11-4-2-1-3-5-11/h1-2,6-8,11,15H,3-5,9H2. The maximum Gasteiger partial charge on any atom is 0.270 e. The average molecular weight is 267 g/mol. The maximum absolute atomic E-state index is 10.6. The van der Waals surface area contributed by atoms with Crippen molar-refractivity contribution in [3.8, 4) is 0 Å². The molecule has 1 aromatic rings. The van der Waals surface area contributed by atoms with E-state index in [0.717, 1.165) is 24.8 Å². The van der Waals surface area contributed by atoms with E-state index in [1.807, 2.05) is 0 Å². The molecule has 1 unspecified atom stereocenters. The molecule has 0 bridgehead atoms. The van der Waals surface area contributed by atoms with Gasteiger partial charge in [0.25, 0.3) is 5.69 Å². The number of hydrogen-bond donors (Lipinski definition) is 1. The van der Waals surface area contributed by atoms with Crippen molar-refractivity contribution in [3.63, 3.8) is 0 Å². The summed E-state index contributed by atoms with van der Waals surface area (Å²) in [6.07, 6.45) is 7.63. The van der Waals surface area contributed by atoms with Crippen LogP contribution in [0.1, 0.15) is 24.8 Å². The third-order valence-electron chi connectivity index (χ3n) is 3.10. The number of benzene rings is 1. The van der Waals surface area contributed by atoms with Crippen molar-refractivity contribution >= 4 is 17.3 Å². The summed E-state index contributed by atoms with van der Waals surface area (Å²) < 4.78 is 0.